The maximum Gasteiger partial charge on any atom is 0.367 e. The molecule has 0 saturated heterocycles. The molecule has 0 saturated carbocycles. The molecule has 2 aromatic rings. The van der Waals surface area contributed by atoms with Crippen LogP contribution in [0.2, 0.25) is 5.02 Å². The summed E-state index contributed by atoms with van der Waals surface area (Å²) in [7, 11) is 0. The summed E-state index contributed by atoms with van der Waals surface area (Å²) in [6.07, 6.45) is 1.61. The van der Waals surface area contributed by atoms with Gasteiger partial charge in [-0.3, -0.25) is 10.1 Å². The highest BCUT2D eigenvalue weighted by Gasteiger charge is 2.22. The Bertz CT molecular complexity index is 1010. The highest BCUT2D eigenvalue weighted by atomic mass is 35.5. The Kier molecular flexibility index (Phi) is 6.13. The van der Waals surface area contributed by atoms with Crippen LogP contribution >= 0.6 is 11.6 Å². The Morgan fingerprint density at radius 3 is 2.55 bits per heavy atom. The number of hydrogen-bond acceptors (Lipinski definition) is 7. The summed E-state index contributed by atoms with van der Waals surface area (Å²) < 4.78 is 11.5. The first kappa shape index (κ1) is 20.3. The van der Waals surface area contributed by atoms with Crippen LogP contribution in [0.25, 0.3) is 6.08 Å². The van der Waals surface area contributed by atoms with Crippen LogP contribution in [0.3, 0.4) is 0 Å². The second-order valence-electron chi connectivity index (χ2n) is 6.09. The quantitative estimate of drug-likeness (QED) is 0.284. The first-order chi connectivity index (χ1) is 13.9. The van der Waals surface area contributed by atoms with Crippen molar-refractivity contribution in [1.82, 2.24) is 0 Å². The van der Waals surface area contributed by atoms with Crippen molar-refractivity contribution >= 4 is 35.0 Å². The van der Waals surface area contributed by atoms with Gasteiger partial charge in [-0.1, -0.05) is 16.8 Å². The van der Waals surface area contributed by atoms with Crippen LogP contribution in [-0.2, 0) is 16.2 Å². The van der Waals surface area contributed by atoms with Crippen molar-refractivity contribution in [2.24, 2.45) is 5.16 Å². The lowest BCUT2D eigenvalue weighted by molar-refractivity contribution is -0.384. The molecule has 0 radical (unpaired) electrons. The Balaban J connectivity index is 1.84. The van der Waals surface area contributed by atoms with E-state index in [1.165, 1.54) is 12.1 Å². The zero-order valence-electron chi connectivity index (χ0n) is 15.7. The molecular formula is C20H17ClN2O6. The van der Waals surface area contributed by atoms with Crippen molar-refractivity contribution < 1.29 is 24.0 Å². The van der Waals surface area contributed by atoms with Gasteiger partial charge in [0.1, 0.15) is 6.61 Å². The van der Waals surface area contributed by atoms with Crippen LogP contribution in [0.4, 0.5) is 5.69 Å². The molecule has 3 rings (SSSR count). The predicted molar refractivity (Wildman–Crippen MR) is 107 cm³/mol. The van der Waals surface area contributed by atoms with Crippen molar-refractivity contribution in [3.63, 3.8) is 0 Å². The first-order valence-corrected chi connectivity index (χ1v) is 9.07. The number of ether oxygens (including phenoxy) is 2. The number of non-ortho nitro benzene ring substituents is 1. The van der Waals surface area contributed by atoms with Crippen LogP contribution < -0.4 is 9.47 Å². The first-order valence-electron chi connectivity index (χ1n) is 8.69. The van der Waals surface area contributed by atoms with Gasteiger partial charge in [-0.25, -0.2) is 4.79 Å². The fourth-order valence-corrected chi connectivity index (χ4v) is 2.90. The van der Waals surface area contributed by atoms with Crippen LogP contribution in [0.15, 0.2) is 47.1 Å². The monoisotopic (exact) mass is 416 g/mol. The van der Waals surface area contributed by atoms with Gasteiger partial charge >= 0.3 is 5.97 Å². The minimum absolute atomic E-state index is 0.00319. The maximum absolute atomic E-state index is 11.7. The number of halogens is 1. The standard InChI is InChI=1S/C20H17ClN2O6/c1-3-27-18-10-14(8-16-12(2)22-29-20(16)24)9-17(21)19(18)28-11-13-4-6-15(7-5-13)23(25)26/h4-10H,3,11H2,1-2H3/b16-8+. The van der Waals surface area contributed by atoms with E-state index in [1.54, 1.807) is 37.3 Å². The van der Waals surface area contributed by atoms with Gasteiger partial charge in [-0.05, 0) is 55.3 Å². The van der Waals surface area contributed by atoms with Crippen molar-refractivity contribution in [1.29, 1.82) is 0 Å². The fourth-order valence-electron chi connectivity index (χ4n) is 2.63. The van der Waals surface area contributed by atoms with E-state index in [0.717, 1.165) is 5.56 Å². The van der Waals surface area contributed by atoms with E-state index in [2.05, 4.69) is 9.99 Å². The third kappa shape index (κ3) is 4.72. The third-order valence-corrected chi connectivity index (χ3v) is 4.33. The lowest BCUT2D eigenvalue weighted by Crippen LogP contribution is -2.03. The zero-order chi connectivity index (χ0) is 21.0. The molecule has 0 amide bonds. The average molecular weight is 417 g/mol. The van der Waals surface area contributed by atoms with Gasteiger partial charge in [0.05, 0.1) is 27.8 Å². The smallest absolute Gasteiger partial charge is 0.367 e. The summed E-state index contributed by atoms with van der Waals surface area (Å²) >= 11 is 6.39. The van der Waals surface area contributed by atoms with Crippen LogP contribution in [0.5, 0.6) is 11.5 Å². The van der Waals surface area contributed by atoms with Crippen LogP contribution in [0, 0.1) is 10.1 Å². The molecule has 0 bridgehead atoms. The van der Waals surface area contributed by atoms with Crippen LogP contribution in [-0.4, -0.2) is 23.2 Å². The molecule has 150 valence electrons. The lowest BCUT2D eigenvalue weighted by atomic mass is 10.1. The molecule has 0 spiro atoms. The number of benzene rings is 2. The van der Waals surface area contributed by atoms with E-state index in [-0.39, 0.29) is 12.3 Å². The number of carbonyl (C=O) groups is 1. The summed E-state index contributed by atoms with van der Waals surface area (Å²) in [4.78, 5) is 26.7. The van der Waals surface area contributed by atoms with Gasteiger partial charge in [-0.2, -0.15) is 0 Å². The molecule has 1 aliphatic heterocycles. The highest BCUT2D eigenvalue weighted by Crippen LogP contribution is 2.38. The van der Waals surface area contributed by atoms with E-state index < -0.39 is 10.9 Å². The second-order valence-corrected chi connectivity index (χ2v) is 6.50. The average Bonchev–Trinajstić information content (AvgIpc) is 3.00. The number of oxime groups is 1. The van der Waals surface area contributed by atoms with E-state index in [4.69, 9.17) is 21.1 Å². The van der Waals surface area contributed by atoms with Crippen LogP contribution in [0.1, 0.15) is 25.0 Å². The van der Waals surface area contributed by atoms with Gasteiger partial charge < -0.3 is 14.3 Å². The van der Waals surface area contributed by atoms with Crippen molar-refractivity contribution in [2.75, 3.05) is 6.61 Å². The van der Waals surface area contributed by atoms with Gasteiger partial charge in [0.2, 0.25) is 0 Å². The molecule has 29 heavy (non-hydrogen) atoms. The van der Waals surface area contributed by atoms with Crippen molar-refractivity contribution in [3.8, 4) is 11.5 Å². The highest BCUT2D eigenvalue weighted by molar-refractivity contribution is 6.32. The van der Waals surface area contributed by atoms with E-state index in [1.807, 2.05) is 6.92 Å². The minimum atomic E-state index is -0.532. The van der Waals surface area contributed by atoms with Crippen molar-refractivity contribution in [2.45, 2.75) is 20.5 Å². The second kappa shape index (κ2) is 8.74. The van der Waals surface area contributed by atoms with Gasteiger partial charge in [-0.15, -0.1) is 0 Å². The maximum atomic E-state index is 11.7. The zero-order valence-corrected chi connectivity index (χ0v) is 16.4. The fraction of sp³-hybridized carbons (Fsp3) is 0.200. The number of hydrogen-bond donors (Lipinski definition) is 0. The molecule has 1 aliphatic rings. The molecule has 0 aliphatic carbocycles. The van der Waals surface area contributed by atoms with E-state index in [9.17, 15) is 14.9 Å². The van der Waals surface area contributed by atoms with Gasteiger partial charge in [0.15, 0.2) is 11.5 Å². The molecule has 1 heterocycles. The minimum Gasteiger partial charge on any atom is -0.490 e. The molecule has 2 aromatic carbocycles. The number of carbonyl (C=O) groups excluding carboxylic acids is 1. The number of rotatable bonds is 7. The summed E-state index contributed by atoms with van der Waals surface area (Å²) in [5.74, 6) is 0.221. The topological polar surface area (TPSA) is 100 Å². The van der Waals surface area contributed by atoms with Crippen molar-refractivity contribution in [3.05, 3.63) is 68.2 Å². The molecule has 0 unspecified atom stereocenters. The Morgan fingerprint density at radius 2 is 1.97 bits per heavy atom. The summed E-state index contributed by atoms with van der Waals surface area (Å²) in [6, 6.07) is 9.37. The normalized spacial score (nSPS) is 14.5. The molecular weight excluding hydrogens is 400 g/mol. The Labute approximate surface area is 171 Å². The third-order valence-electron chi connectivity index (χ3n) is 4.05. The van der Waals surface area contributed by atoms with Gasteiger partial charge in [0, 0.05) is 12.1 Å². The van der Waals surface area contributed by atoms with E-state index in [0.29, 0.717) is 40.0 Å². The summed E-state index contributed by atoms with van der Waals surface area (Å²) in [5.41, 5.74) is 2.18. The predicted octanol–water partition coefficient (Wildman–Crippen LogP) is 4.54. The summed E-state index contributed by atoms with van der Waals surface area (Å²) in [5, 5.41) is 14.7. The molecule has 9 heteroatoms. The molecule has 0 atom stereocenters. The largest absolute Gasteiger partial charge is 0.490 e. The number of nitro groups is 1. The number of nitro benzene ring substituents is 1. The lowest BCUT2D eigenvalue weighted by Gasteiger charge is -2.14. The Morgan fingerprint density at radius 1 is 1.24 bits per heavy atom. The summed E-state index contributed by atoms with van der Waals surface area (Å²) in [6.45, 7) is 4.02. The molecule has 0 N–H and O–H groups in total. The molecule has 0 fully saturated rings. The molecule has 8 nitrogen and oxygen atoms in total. The molecule has 0 aromatic heterocycles. The van der Waals surface area contributed by atoms with E-state index >= 15 is 0 Å². The SMILES string of the molecule is CCOc1cc(/C=C2/C(=O)ON=C2C)cc(Cl)c1OCc1ccc([N+](=O)[O-])cc1. The Hall–Kier alpha value is -3.39. The van der Waals surface area contributed by atoms with Gasteiger partial charge in [0.25, 0.3) is 5.69 Å². The number of nitrogens with zero attached hydrogens (tertiary/aromatic N) is 2.